The van der Waals surface area contributed by atoms with Crippen LogP contribution in [0.1, 0.15) is 21.7 Å². The van der Waals surface area contributed by atoms with Gasteiger partial charge in [-0.05, 0) is 29.3 Å². The molecule has 0 radical (unpaired) electrons. The van der Waals surface area contributed by atoms with Gasteiger partial charge in [-0.25, -0.2) is 4.79 Å². The van der Waals surface area contributed by atoms with Crippen LogP contribution in [0, 0.1) is 0 Å². The van der Waals surface area contributed by atoms with Crippen molar-refractivity contribution in [3.8, 4) is 11.3 Å². The van der Waals surface area contributed by atoms with Crippen molar-refractivity contribution in [3.63, 3.8) is 0 Å². The number of methoxy groups -OCH3 is 1. The second-order valence-electron chi connectivity index (χ2n) is 5.73. The van der Waals surface area contributed by atoms with Gasteiger partial charge in [0.15, 0.2) is 5.76 Å². The largest absolute Gasteiger partial charge is 0.466 e. The molecule has 3 rings (SSSR count). The van der Waals surface area contributed by atoms with Gasteiger partial charge < -0.3 is 9.15 Å². The van der Waals surface area contributed by atoms with Crippen molar-refractivity contribution >= 4 is 17.8 Å². The minimum atomic E-state index is -0.421. The number of hydrogen-bond donors (Lipinski definition) is 0. The highest BCUT2D eigenvalue weighted by Crippen LogP contribution is 2.22. The number of carbonyl (C=O) groups excluding carboxylic acids is 2. The molecule has 2 aromatic carbocycles. The van der Waals surface area contributed by atoms with Gasteiger partial charge in [-0.3, -0.25) is 4.79 Å². The summed E-state index contributed by atoms with van der Waals surface area (Å²) in [4.78, 5) is 23.7. The van der Waals surface area contributed by atoms with E-state index in [1.54, 1.807) is 18.2 Å². The highest BCUT2D eigenvalue weighted by molar-refractivity contribution is 5.95. The zero-order valence-electron chi connectivity index (χ0n) is 14.3. The standard InChI is InChI=1S/C22H18O4/c1-25-22(24)13-10-16-6-5-7-17(14-16)15-19(23)21-12-11-20(26-21)18-8-3-2-4-9-18/h2-14H,15H2,1H3/b13-10+. The maximum absolute atomic E-state index is 12.5. The van der Waals surface area contributed by atoms with Gasteiger partial charge in [-0.15, -0.1) is 0 Å². The third-order valence-electron chi connectivity index (χ3n) is 3.87. The van der Waals surface area contributed by atoms with Gasteiger partial charge in [0.2, 0.25) is 5.78 Å². The van der Waals surface area contributed by atoms with Crippen molar-refractivity contribution in [2.45, 2.75) is 6.42 Å². The first-order valence-corrected chi connectivity index (χ1v) is 8.19. The zero-order valence-corrected chi connectivity index (χ0v) is 14.3. The summed E-state index contributed by atoms with van der Waals surface area (Å²) in [6.45, 7) is 0. The monoisotopic (exact) mass is 346 g/mol. The smallest absolute Gasteiger partial charge is 0.330 e. The SMILES string of the molecule is COC(=O)/C=C/c1cccc(CC(=O)c2ccc(-c3ccccc3)o2)c1. The minimum Gasteiger partial charge on any atom is -0.466 e. The number of esters is 1. The number of carbonyl (C=O) groups is 2. The summed E-state index contributed by atoms with van der Waals surface area (Å²) in [5.41, 5.74) is 2.60. The van der Waals surface area contributed by atoms with Crippen LogP contribution in [0.2, 0.25) is 0 Å². The Hall–Kier alpha value is -3.40. The molecule has 4 nitrogen and oxygen atoms in total. The molecule has 3 aromatic rings. The Kier molecular flexibility index (Phi) is 5.44. The molecular weight excluding hydrogens is 328 g/mol. The number of furan rings is 1. The molecule has 130 valence electrons. The maximum Gasteiger partial charge on any atom is 0.330 e. The van der Waals surface area contributed by atoms with Crippen molar-refractivity contribution in [3.05, 3.63) is 89.7 Å². The van der Waals surface area contributed by atoms with Crippen LogP contribution in [-0.4, -0.2) is 18.9 Å². The molecule has 1 aromatic heterocycles. The van der Waals surface area contributed by atoms with E-state index in [0.717, 1.165) is 16.7 Å². The third-order valence-corrected chi connectivity index (χ3v) is 3.87. The summed E-state index contributed by atoms with van der Waals surface area (Å²) in [6, 6.07) is 20.6. The molecule has 0 amide bonds. The van der Waals surface area contributed by atoms with E-state index in [4.69, 9.17) is 4.42 Å². The number of rotatable bonds is 6. The number of hydrogen-bond acceptors (Lipinski definition) is 4. The Morgan fingerprint density at radius 1 is 1.00 bits per heavy atom. The number of benzene rings is 2. The predicted octanol–water partition coefficient (Wildman–Crippen LogP) is 4.56. The molecule has 0 bridgehead atoms. The van der Waals surface area contributed by atoms with E-state index in [-0.39, 0.29) is 12.2 Å². The van der Waals surface area contributed by atoms with Gasteiger partial charge in [0.05, 0.1) is 7.11 Å². The average Bonchev–Trinajstić information content (AvgIpc) is 3.17. The molecule has 4 heteroatoms. The van der Waals surface area contributed by atoms with Crippen LogP contribution in [0.5, 0.6) is 0 Å². The summed E-state index contributed by atoms with van der Waals surface area (Å²) in [6.07, 6.45) is 3.22. The fourth-order valence-electron chi connectivity index (χ4n) is 2.56. The fourth-order valence-corrected chi connectivity index (χ4v) is 2.56. The Morgan fingerprint density at radius 2 is 1.81 bits per heavy atom. The van der Waals surface area contributed by atoms with Crippen LogP contribution < -0.4 is 0 Å². The number of ketones is 1. The second kappa shape index (κ2) is 8.12. The van der Waals surface area contributed by atoms with Crippen LogP contribution in [0.15, 0.2) is 77.2 Å². The van der Waals surface area contributed by atoms with Crippen molar-refractivity contribution in [1.29, 1.82) is 0 Å². The Labute approximate surface area is 151 Å². The average molecular weight is 346 g/mol. The van der Waals surface area contributed by atoms with Crippen molar-refractivity contribution < 1.29 is 18.7 Å². The lowest BCUT2D eigenvalue weighted by molar-refractivity contribution is -0.134. The van der Waals surface area contributed by atoms with E-state index < -0.39 is 5.97 Å². The molecule has 0 N–H and O–H groups in total. The summed E-state index contributed by atoms with van der Waals surface area (Å²) < 4.78 is 10.3. The van der Waals surface area contributed by atoms with E-state index >= 15 is 0 Å². The summed E-state index contributed by atoms with van der Waals surface area (Å²) in [5, 5.41) is 0. The second-order valence-corrected chi connectivity index (χ2v) is 5.73. The lowest BCUT2D eigenvalue weighted by Gasteiger charge is -2.01. The van der Waals surface area contributed by atoms with Gasteiger partial charge in [0, 0.05) is 18.1 Å². The van der Waals surface area contributed by atoms with Crippen LogP contribution in [0.4, 0.5) is 0 Å². The number of ether oxygens (including phenoxy) is 1. The van der Waals surface area contributed by atoms with Crippen molar-refractivity contribution in [2.24, 2.45) is 0 Å². The van der Waals surface area contributed by atoms with Gasteiger partial charge in [0.25, 0.3) is 0 Å². The first-order valence-electron chi connectivity index (χ1n) is 8.19. The van der Waals surface area contributed by atoms with Gasteiger partial charge in [0.1, 0.15) is 5.76 Å². The normalized spacial score (nSPS) is 10.8. The molecule has 0 saturated carbocycles. The zero-order chi connectivity index (χ0) is 18.4. The molecule has 26 heavy (non-hydrogen) atoms. The molecule has 0 fully saturated rings. The molecule has 0 spiro atoms. The molecule has 0 atom stereocenters. The van der Waals surface area contributed by atoms with Crippen LogP contribution >= 0.6 is 0 Å². The summed E-state index contributed by atoms with van der Waals surface area (Å²) in [5.74, 6) is 0.486. The lowest BCUT2D eigenvalue weighted by Crippen LogP contribution is -2.02. The highest BCUT2D eigenvalue weighted by Gasteiger charge is 2.13. The molecule has 0 saturated heterocycles. The Balaban J connectivity index is 1.71. The fraction of sp³-hybridized carbons (Fsp3) is 0.0909. The topological polar surface area (TPSA) is 56.5 Å². The van der Waals surface area contributed by atoms with E-state index in [1.165, 1.54) is 13.2 Å². The molecule has 0 aliphatic rings. The van der Waals surface area contributed by atoms with Crippen LogP contribution in [-0.2, 0) is 16.0 Å². The van der Waals surface area contributed by atoms with Gasteiger partial charge in [-0.1, -0.05) is 54.6 Å². The predicted molar refractivity (Wildman–Crippen MR) is 99.7 cm³/mol. The molecule has 0 unspecified atom stereocenters. The van der Waals surface area contributed by atoms with E-state index in [9.17, 15) is 9.59 Å². The van der Waals surface area contributed by atoms with E-state index in [1.807, 2.05) is 54.6 Å². The molecule has 0 aliphatic carbocycles. The van der Waals surface area contributed by atoms with Crippen molar-refractivity contribution in [2.75, 3.05) is 7.11 Å². The molecule has 1 heterocycles. The molecule has 0 aliphatic heterocycles. The first kappa shape index (κ1) is 17.4. The highest BCUT2D eigenvalue weighted by atomic mass is 16.5. The minimum absolute atomic E-state index is 0.0960. The number of Topliss-reactive ketones (excluding diaryl/α,β-unsaturated/α-hetero) is 1. The van der Waals surface area contributed by atoms with Crippen LogP contribution in [0.25, 0.3) is 17.4 Å². The Bertz CT molecular complexity index is 936. The van der Waals surface area contributed by atoms with E-state index in [0.29, 0.717) is 11.5 Å². The lowest BCUT2D eigenvalue weighted by atomic mass is 10.0. The van der Waals surface area contributed by atoms with E-state index in [2.05, 4.69) is 4.74 Å². The Morgan fingerprint density at radius 3 is 2.58 bits per heavy atom. The first-order chi connectivity index (χ1) is 12.7. The molecular formula is C22H18O4. The summed E-state index contributed by atoms with van der Waals surface area (Å²) >= 11 is 0. The van der Waals surface area contributed by atoms with Gasteiger partial charge in [-0.2, -0.15) is 0 Å². The maximum atomic E-state index is 12.5. The van der Waals surface area contributed by atoms with Crippen molar-refractivity contribution in [1.82, 2.24) is 0 Å². The third kappa shape index (κ3) is 4.36. The van der Waals surface area contributed by atoms with Crippen LogP contribution in [0.3, 0.4) is 0 Å². The quantitative estimate of drug-likeness (QED) is 0.373. The summed E-state index contributed by atoms with van der Waals surface area (Å²) in [7, 11) is 1.33. The van der Waals surface area contributed by atoms with Gasteiger partial charge >= 0.3 is 5.97 Å².